The van der Waals surface area contributed by atoms with Crippen LogP contribution >= 0.6 is 12.4 Å². The number of hydrogen-bond acceptors (Lipinski definition) is 5. The largest absolute Gasteiger partial charge is 0.493 e. The van der Waals surface area contributed by atoms with Gasteiger partial charge >= 0.3 is 6.61 Å². The highest BCUT2D eigenvalue weighted by atomic mass is 35.5. The molecule has 0 radical (unpaired) electrons. The number of rotatable bonds is 8. The Hall–Kier alpha value is -1.64. The first-order valence-electron chi connectivity index (χ1n) is 8.29. The number of carbonyl (C=O) groups is 1. The van der Waals surface area contributed by atoms with Crippen LogP contribution in [0, 0.1) is 0 Å². The van der Waals surface area contributed by atoms with Crippen LogP contribution in [-0.2, 0) is 4.74 Å². The van der Waals surface area contributed by atoms with Crippen LogP contribution in [-0.4, -0.2) is 56.9 Å². The predicted molar refractivity (Wildman–Crippen MR) is 95.4 cm³/mol. The molecule has 0 aliphatic carbocycles. The maximum Gasteiger partial charge on any atom is 0.387 e. The number of alkyl halides is 2. The van der Waals surface area contributed by atoms with Crippen LogP contribution in [0.25, 0.3) is 0 Å². The first-order valence-corrected chi connectivity index (χ1v) is 8.29. The van der Waals surface area contributed by atoms with Crippen molar-refractivity contribution in [2.24, 2.45) is 5.73 Å². The van der Waals surface area contributed by atoms with E-state index in [0.29, 0.717) is 31.8 Å². The molecule has 1 aliphatic heterocycles. The summed E-state index contributed by atoms with van der Waals surface area (Å²) < 4.78 is 39.9. The smallest absolute Gasteiger partial charge is 0.387 e. The summed E-state index contributed by atoms with van der Waals surface area (Å²) >= 11 is 0. The van der Waals surface area contributed by atoms with E-state index >= 15 is 0 Å². The lowest BCUT2D eigenvalue weighted by Gasteiger charge is -2.32. The van der Waals surface area contributed by atoms with Gasteiger partial charge in [-0.25, -0.2) is 0 Å². The molecule has 1 aromatic carbocycles. The maximum atomic E-state index is 12.6. The fourth-order valence-electron chi connectivity index (χ4n) is 2.74. The third-order valence-corrected chi connectivity index (χ3v) is 4.06. The van der Waals surface area contributed by atoms with E-state index in [1.54, 1.807) is 4.90 Å². The van der Waals surface area contributed by atoms with Gasteiger partial charge in [0.05, 0.1) is 13.2 Å². The van der Waals surface area contributed by atoms with Gasteiger partial charge in [0.1, 0.15) is 0 Å². The molecule has 2 N–H and O–H groups in total. The van der Waals surface area contributed by atoms with Crippen LogP contribution in [0.4, 0.5) is 8.78 Å². The van der Waals surface area contributed by atoms with Crippen molar-refractivity contribution < 1.29 is 27.8 Å². The van der Waals surface area contributed by atoms with E-state index in [1.807, 2.05) is 0 Å². The topological polar surface area (TPSA) is 74.0 Å². The minimum absolute atomic E-state index is 0. The molecule has 26 heavy (non-hydrogen) atoms. The number of piperidine rings is 1. The molecule has 0 atom stereocenters. The molecule has 2 rings (SSSR count). The number of nitrogens with two attached hydrogens (primary N) is 1. The van der Waals surface area contributed by atoms with Crippen LogP contribution in [0.1, 0.15) is 29.6 Å². The molecule has 1 saturated heterocycles. The molecule has 1 amide bonds. The van der Waals surface area contributed by atoms with E-state index in [-0.39, 0.29) is 35.9 Å². The number of likely N-dealkylation sites (tertiary alicyclic amines) is 1. The van der Waals surface area contributed by atoms with Crippen molar-refractivity contribution in [3.8, 4) is 11.5 Å². The van der Waals surface area contributed by atoms with Crippen LogP contribution in [0.2, 0.25) is 0 Å². The van der Waals surface area contributed by atoms with Crippen molar-refractivity contribution in [1.82, 2.24) is 4.90 Å². The molecule has 148 valence electrons. The number of carbonyl (C=O) groups excluding carboxylic acids is 1. The van der Waals surface area contributed by atoms with E-state index in [0.717, 1.165) is 19.3 Å². The normalized spacial score (nSPS) is 14.9. The van der Waals surface area contributed by atoms with E-state index in [4.69, 9.17) is 15.2 Å². The molecular formula is C17H25ClF2N2O4. The minimum Gasteiger partial charge on any atom is -0.493 e. The lowest BCUT2D eigenvalue weighted by atomic mass is 10.1. The zero-order valence-electron chi connectivity index (χ0n) is 14.7. The third kappa shape index (κ3) is 6.26. The molecule has 1 aromatic rings. The van der Waals surface area contributed by atoms with Crippen LogP contribution in [0.15, 0.2) is 18.2 Å². The van der Waals surface area contributed by atoms with Crippen molar-refractivity contribution in [1.29, 1.82) is 0 Å². The summed E-state index contributed by atoms with van der Waals surface area (Å²) in [4.78, 5) is 14.3. The van der Waals surface area contributed by atoms with E-state index in [1.165, 1.54) is 25.3 Å². The second-order valence-corrected chi connectivity index (χ2v) is 5.75. The monoisotopic (exact) mass is 394 g/mol. The molecule has 0 aromatic heterocycles. The number of methoxy groups -OCH3 is 1. The fourth-order valence-corrected chi connectivity index (χ4v) is 2.74. The minimum atomic E-state index is -2.95. The van der Waals surface area contributed by atoms with Crippen molar-refractivity contribution in [2.45, 2.75) is 32.0 Å². The molecule has 0 unspecified atom stereocenters. The molecule has 9 heteroatoms. The van der Waals surface area contributed by atoms with Gasteiger partial charge in [-0.3, -0.25) is 4.79 Å². The van der Waals surface area contributed by atoms with Crippen molar-refractivity contribution in [2.75, 3.05) is 33.4 Å². The summed E-state index contributed by atoms with van der Waals surface area (Å²) in [5.41, 5.74) is 5.81. The predicted octanol–water partition coefficient (Wildman–Crippen LogP) is 2.69. The Kier molecular flexibility index (Phi) is 9.61. The summed E-state index contributed by atoms with van der Waals surface area (Å²) in [6.07, 6.45) is 2.50. The fraction of sp³-hybridized carbons (Fsp3) is 0.588. The van der Waals surface area contributed by atoms with Gasteiger partial charge in [-0.15, -0.1) is 12.4 Å². The van der Waals surface area contributed by atoms with Gasteiger partial charge in [-0.05, 0) is 44.0 Å². The Morgan fingerprint density at radius 1 is 1.31 bits per heavy atom. The van der Waals surface area contributed by atoms with Crippen LogP contribution < -0.4 is 15.2 Å². The molecule has 1 aliphatic rings. The molecule has 0 bridgehead atoms. The van der Waals surface area contributed by atoms with Gasteiger partial charge in [-0.2, -0.15) is 8.78 Å². The molecular weight excluding hydrogens is 370 g/mol. The van der Waals surface area contributed by atoms with Gasteiger partial charge < -0.3 is 24.8 Å². The Labute approximate surface area is 158 Å². The van der Waals surface area contributed by atoms with Gasteiger partial charge in [0, 0.05) is 25.3 Å². The van der Waals surface area contributed by atoms with E-state index in [9.17, 15) is 13.6 Å². The molecule has 6 nitrogen and oxygen atoms in total. The molecule has 0 spiro atoms. The first kappa shape index (κ1) is 22.4. The highest BCUT2D eigenvalue weighted by Gasteiger charge is 2.25. The van der Waals surface area contributed by atoms with Gasteiger partial charge in [0.15, 0.2) is 11.5 Å². The Balaban J connectivity index is 0.00000338. The van der Waals surface area contributed by atoms with E-state index < -0.39 is 6.61 Å². The van der Waals surface area contributed by atoms with Crippen LogP contribution in [0.5, 0.6) is 11.5 Å². The van der Waals surface area contributed by atoms with Gasteiger partial charge in [-0.1, -0.05) is 0 Å². The Morgan fingerprint density at radius 3 is 2.58 bits per heavy atom. The van der Waals surface area contributed by atoms with E-state index in [2.05, 4.69) is 4.74 Å². The summed E-state index contributed by atoms with van der Waals surface area (Å²) in [5.74, 6) is -0.158. The number of nitrogens with zero attached hydrogens (tertiary/aromatic N) is 1. The summed E-state index contributed by atoms with van der Waals surface area (Å²) in [6, 6.07) is 4.21. The van der Waals surface area contributed by atoms with Gasteiger partial charge in [0.2, 0.25) is 0 Å². The second-order valence-electron chi connectivity index (χ2n) is 5.75. The lowest BCUT2D eigenvalue weighted by Crippen LogP contribution is -2.41. The first-order chi connectivity index (χ1) is 12.0. The Morgan fingerprint density at radius 2 is 2.00 bits per heavy atom. The maximum absolute atomic E-state index is 12.6. The standard InChI is InChI=1S/C17H24F2N2O4.ClH/c1-23-15-11-12(3-4-14(15)25-17(18)19)16(22)21-8-5-13(6-9-21)24-10-2-7-20;/h3-4,11,13,17H,2,5-10,20H2,1H3;1H. The average Bonchev–Trinajstić information content (AvgIpc) is 2.62. The number of ether oxygens (including phenoxy) is 3. The number of amides is 1. The van der Waals surface area contributed by atoms with Crippen molar-refractivity contribution in [3.05, 3.63) is 23.8 Å². The highest BCUT2D eigenvalue weighted by molar-refractivity contribution is 5.95. The Bertz CT molecular complexity index is 570. The quantitative estimate of drug-likeness (QED) is 0.686. The number of benzene rings is 1. The van der Waals surface area contributed by atoms with Crippen molar-refractivity contribution in [3.63, 3.8) is 0 Å². The highest BCUT2D eigenvalue weighted by Crippen LogP contribution is 2.30. The lowest BCUT2D eigenvalue weighted by molar-refractivity contribution is -0.0512. The number of hydrogen-bond donors (Lipinski definition) is 1. The molecule has 1 heterocycles. The summed E-state index contributed by atoms with van der Waals surface area (Å²) in [5, 5.41) is 0. The van der Waals surface area contributed by atoms with Crippen LogP contribution in [0.3, 0.4) is 0 Å². The third-order valence-electron chi connectivity index (χ3n) is 4.06. The summed E-state index contributed by atoms with van der Waals surface area (Å²) in [7, 11) is 1.34. The zero-order chi connectivity index (χ0) is 18.2. The molecule has 0 saturated carbocycles. The van der Waals surface area contributed by atoms with Gasteiger partial charge in [0.25, 0.3) is 5.91 Å². The summed E-state index contributed by atoms with van der Waals surface area (Å²) in [6.45, 7) is -0.538. The second kappa shape index (κ2) is 11.2. The average molecular weight is 395 g/mol. The molecule has 1 fully saturated rings. The van der Waals surface area contributed by atoms with Crippen molar-refractivity contribution >= 4 is 18.3 Å². The zero-order valence-corrected chi connectivity index (χ0v) is 15.5. The number of halogens is 3. The SMILES string of the molecule is COc1cc(C(=O)N2CCC(OCCCN)CC2)ccc1OC(F)F.Cl.